The van der Waals surface area contributed by atoms with Gasteiger partial charge in [0, 0.05) is 24.3 Å². The lowest BCUT2D eigenvalue weighted by Gasteiger charge is -2.02. The van der Waals surface area contributed by atoms with Crippen LogP contribution in [-0.4, -0.2) is 28.3 Å². The number of pyridine rings is 1. The maximum absolute atomic E-state index is 11.0. The van der Waals surface area contributed by atoms with E-state index in [1.54, 1.807) is 0 Å². The second-order valence-electron chi connectivity index (χ2n) is 3.96. The molecule has 0 aliphatic carbocycles. The van der Waals surface area contributed by atoms with E-state index in [-0.39, 0.29) is 11.8 Å². The minimum Gasteiger partial charge on any atom is -0.355 e. The Labute approximate surface area is 104 Å². The molecule has 1 amide bonds. The van der Waals surface area contributed by atoms with Crippen molar-refractivity contribution in [1.29, 1.82) is 0 Å². The van der Waals surface area contributed by atoms with Gasteiger partial charge in [0.15, 0.2) is 0 Å². The van der Waals surface area contributed by atoms with Crippen molar-refractivity contribution in [3.8, 4) is 0 Å². The van der Waals surface area contributed by atoms with Crippen LogP contribution in [-0.2, 0) is 11.2 Å². The fourth-order valence-corrected chi connectivity index (χ4v) is 1.85. The van der Waals surface area contributed by atoms with Gasteiger partial charge in [0.2, 0.25) is 5.91 Å². The molecule has 2 aromatic rings. The molecule has 0 aromatic carbocycles. The number of aromatic nitrogens is 2. The Kier molecular flexibility index (Phi) is 3.64. The highest BCUT2D eigenvalue weighted by Crippen LogP contribution is 2.17. The lowest BCUT2D eigenvalue weighted by molar-refractivity contribution is -0.118. The summed E-state index contributed by atoms with van der Waals surface area (Å²) in [5.41, 5.74) is 3.17. The smallest absolute Gasteiger partial charge is 0.234 e. The van der Waals surface area contributed by atoms with Crippen LogP contribution in [0.5, 0.6) is 0 Å². The van der Waals surface area contributed by atoms with Crippen molar-refractivity contribution in [1.82, 2.24) is 15.3 Å². The highest BCUT2D eigenvalue weighted by molar-refractivity contribution is 6.27. The Hall–Kier alpha value is -1.55. The topological polar surface area (TPSA) is 57.8 Å². The molecule has 0 saturated carbocycles. The van der Waals surface area contributed by atoms with Crippen LogP contribution in [0.1, 0.15) is 11.1 Å². The standard InChI is InChI=1S/C12H14ClN3O/c1-8-4-10-9(2-3-14-11(17)5-13)7-16-12(10)15-6-8/h4,6-7H,2-3,5H2,1H3,(H,14,17)(H,15,16). The lowest BCUT2D eigenvalue weighted by Crippen LogP contribution is -2.26. The Morgan fingerprint density at radius 2 is 2.41 bits per heavy atom. The van der Waals surface area contributed by atoms with Crippen LogP contribution in [0.15, 0.2) is 18.5 Å². The molecule has 0 saturated heterocycles. The number of halogens is 1. The second-order valence-corrected chi connectivity index (χ2v) is 4.22. The number of H-pyrrole nitrogens is 1. The number of hydrogen-bond donors (Lipinski definition) is 2. The third kappa shape index (κ3) is 2.77. The van der Waals surface area contributed by atoms with Gasteiger partial charge in [-0.2, -0.15) is 0 Å². The van der Waals surface area contributed by atoms with Crippen LogP contribution in [0.3, 0.4) is 0 Å². The van der Waals surface area contributed by atoms with Crippen molar-refractivity contribution >= 4 is 28.5 Å². The predicted octanol–water partition coefficient (Wildman–Crippen LogP) is 1.77. The maximum Gasteiger partial charge on any atom is 0.234 e. The van der Waals surface area contributed by atoms with E-state index in [1.807, 2.05) is 19.3 Å². The summed E-state index contributed by atoms with van der Waals surface area (Å²) in [6.07, 6.45) is 4.54. The summed E-state index contributed by atoms with van der Waals surface area (Å²) in [5.74, 6) is -0.130. The summed E-state index contributed by atoms with van der Waals surface area (Å²) >= 11 is 5.40. The van der Waals surface area contributed by atoms with Gasteiger partial charge in [0.1, 0.15) is 11.5 Å². The molecule has 0 spiro atoms. The average molecular weight is 252 g/mol. The van der Waals surface area contributed by atoms with Crippen molar-refractivity contribution in [3.05, 3.63) is 29.6 Å². The van der Waals surface area contributed by atoms with E-state index in [9.17, 15) is 4.79 Å². The summed E-state index contributed by atoms with van der Waals surface area (Å²) in [4.78, 5) is 18.4. The molecule has 4 nitrogen and oxygen atoms in total. The predicted molar refractivity (Wildman–Crippen MR) is 68.3 cm³/mol. The highest BCUT2D eigenvalue weighted by Gasteiger charge is 2.05. The first-order valence-electron chi connectivity index (χ1n) is 5.46. The number of carbonyl (C=O) groups is 1. The minimum atomic E-state index is -0.138. The van der Waals surface area contributed by atoms with Crippen molar-refractivity contribution in [2.75, 3.05) is 12.4 Å². The molecular weight excluding hydrogens is 238 g/mol. The lowest BCUT2D eigenvalue weighted by atomic mass is 10.1. The first-order chi connectivity index (χ1) is 8.20. The van der Waals surface area contributed by atoms with Gasteiger partial charge in [-0.1, -0.05) is 0 Å². The molecule has 0 bridgehead atoms. The van der Waals surface area contributed by atoms with Crippen LogP contribution >= 0.6 is 11.6 Å². The van der Waals surface area contributed by atoms with Gasteiger partial charge in [0.05, 0.1) is 0 Å². The zero-order valence-corrected chi connectivity index (χ0v) is 10.3. The van der Waals surface area contributed by atoms with Gasteiger partial charge in [-0.15, -0.1) is 11.6 Å². The summed E-state index contributed by atoms with van der Waals surface area (Å²) in [6.45, 7) is 2.60. The SMILES string of the molecule is Cc1cnc2[nH]cc(CCNC(=O)CCl)c2c1. The molecule has 0 unspecified atom stereocenters. The van der Waals surface area contributed by atoms with E-state index in [4.69, 9.17) is 11.6 Å². The molecule has 0 fully saturated rings. The van der Waals surface area contributed by atoms with E-state index in [2.05, 4.69) is 21.4 Å². The molecule has 0 atom stereocenters. The number of fused-ring (bicyclic) bond motifs is 1. The van der Waals surface area contributed by atoms with Crippen LogP contribution < -0.4 is 5.32 Å². The number of carbonyl (C=O) groups excluding carboxylic acids is 1. The average Bonchev–Trinajstić information content (AvgIpc) is 2.72. The molecule has 2 N–H and O–H groups in total. The quantitative estimate of drug-likeness (QED) is 0.814. The maximum atomic E-state index is 11.0. The number of rotatable bonds is 4. The largest absolute Gasteiger partial charge is 0.355 e. The molecule has 0 radical (unpaired) electrons. The molecule has 0 aliphatic rings. The van der Waals surface area contributed by atoms with E-state index in [1.165, 1.54) is 0 Å². The summed E-state index contributed by atoms with van der Waals surface area (Å²) in [5, 5.41) is 3.86. The van der Waals surface area contributed by atoms with Crippen molar-refractivity contribution in [2.45, 2.75) is 13.3 Å². The first kappa shape index (κ1) is 11.9. The molecule has 2 heterocycles. The van der Waals surface area contributed by atoms with Gasteiger partial charge in [-0.3, -0.25) is 4.79 Å². The summed E-state index contributed by atoms with van der Waals surface area (Å²) < 4.78 is 0. The Balaban J connectivity index is 2.08. The zero-order chi connectivity index (χ0) is 12.3. The van der Waals surface area contributed by atoms with Crippen LogP contribution in [0.25, 0.3) is 11.0 Å². The van der Waals surface area contributed by atoms with Gasteiger partial charge < -0.3 is 10.3 Å². The van der Waals surface area contributed by atoms with Crippen LogP contribution in [0.2, 0.25) is 0 Å². The minimum absolute atomic E-state index is 0.00848. The molecule has 2 aromatic heterocycles. The number of amides is 1. The number of nitrogens with one attached hydrogen (secondary N) is 2. The van der Waals surface area contributed by atoms with Crippen molar-refractivity contribution in [3.63, 3.8) is 0 Å². The Morgan fingerprint density at radius 1 is 1.59 bits per heavy atom. The van der Waals surface area contributed by atoms with Gasteiger partial charge in [-0.05, 0) is 30.5 Å². The second kappa shape index (κ2) is 5.19. The number of aromatic amines is 1. The van der Waals surface area contributed by atoms with Crippen LogP contribution in [0, 0.1) is 6.92 Å². The Morgan fingerprint density at radius 3 is 3.18 bits per heavy atom. The number of aryl methyl sites for hydroxylation is 1. The number of alkyl halides is 1. The van der Waals surface area contributed by atoms with E-state index in [0.29, 0.717) is 6.54 Å². The van der Waals surface area contributed by atoms with Crippen LogP contribution in [0.4, 0.5) is 0 Å². The number of nitrogens with zero attached hydrogens (tertiary/aromatic N) is 1. The molecule has 17 heavy (non-hydrogen) atoms. The molecule has 0 aliphatic heterocycles. The molecule has 2 rings (SSSR count). The van der Waals surface area contributed by atoms with Gasteiger partial charge >= 0.3 is 0 Å². The Bertz CT molecular complexity index is 536. The van der Waals surface area contributed by atoms with E-state index < -0.39 is 0 Å². The van der Waals surface area contributed by atoms with Gasteiger partial charge in [-0.25, -0.2) is 4.98 Å². The third-order valence-electron chi connectivity index (χ3n) is 2.59. The van der Waals surface area contributed by atoms with E-state index >= 15 is 0 Å². The zero-order valence-electron chi connectivity index (χ0n) is 9.59. The fourth-order valence-electron chi connectivity index (χ4n) is 1.75. The van der Waals surface area contributed by atoms with Crippen molar-refractivity contribution in [2.24, 2.45) is 0 Å². The normalized spacial score (nSPS) is 10.7. The first-order valence-corrected chi connectivity index (χ1v) is 5.99. The number of hydrogen-bond acceptors (Lipinski definition) is 2. The monoisotopic (exact) mass is 251 g/mol. The molecule has 5 heteroatoms. The third-order valence-corrected chi connectivity index (χ3v) is 2.83. The summed E-state index contributed by atoms with van der Waals surface area (Å²) in [6, 6.07) is 2.09. The van der Waals surface area contributed by atoms with Crippen molar-refractivity contribution < 1.29 is 4.79 Å². The molecular formula is C12H14ClN3O. The fraction of sp³-hybridized carbons (Fsp3) is 0.333. The van der Waals surface area contributed by atoms with E-state index in [0.717, 1.165) is 28.6 Å². The highest BCUT2D eigenvalue weighted by atomic mass is 35.5. The summed E-state index contributed by atoms with van der Waals surface area (Å²) in [7, 11) is 0. The van der Waals surface area contributed by atoms with Gasteiger partial charge in [0.25, 0.3) is 0 Å². The molecule has 90 valence electrons.